The molecule has 108 valence electrons. The van der Waals surface area contributed by atoms with Crippen molar-refractivity contribution >= 4 is 17.6 Å². The first-order valence-electron chi connectivity index (χ1n) is 6.57. The summed E-state index contributed by atoms with van der Waals surface area (Å²) >= 11 is 5.81. The van der Waals surface area contributed by atoms with Crippen molar-refractivity contribution in [2.24, 2.45) is 0 Å². The van der Waals surface area contributed by atoms with E-state index in [1.165, 1.54) is 6.20 Å². The van der Waals surface area contributed by atoms with Gasteiger partial charge >= 0.3 is 5.97 Å². The number of pyridine rings is 1. The highest BCUT2D eigenvalue weighted by molar-refractivity contribution is 6.30. The third-order valence-corrected chi connectivity index (χ3v) is 2.95. The number of rotatable bonds is 4. The predicted molar refractivity (Wildman–Crippen MR) is 77.5 cm³/mol. The monoisotopic (exact) mass is 294 g/mol. The molecule has 0 saturated carbocycles. The number of esters is 1. The summed E-state index contributed by atoms with van der Waals surface area (Å²) < 4.78 is 5.43. The van der Waals surface area contributed by atoms with Crippen molar-refractivity contribution in [3.8, 4) is 6.07 Å². The number of aromatic nitrogens is 1. The number of ether oxygens (including phenoxy) is 1. The van der Waals surface area contributed by atoms with Crippen LogP contribution in [0.5, 0.6) is 0 Å². The van der Waals surface area contributed by atoms with Crippen molar-refractivity contribution in [3.63, 3.8) is 0 Å². The van der Waals surface area contributed by atoms with Crippen LogP contribution in [0.2, 0.25) is 5.15 Å². The number of carbonyl (C=O) groups is 1. The predicted octanol–water partition coefficient (Wildman–Crippen LogP) is 3.83. The van der Waals surface area contributed by atoms with Crippen LogP contribution in [0, 0.1) is 11.3 Å². The maximum Gasteiger partial charge on any atom is 0.313 e. The third-order valence-electron chi connectivity index (χ3n) is 2.65. The maximum atomic E-state index is 12.3. The van der Waals surface area contributed by atoms with Gasteiger partial charge in [-0.3, -0.25) is 4.79 Å². The molecule has 0 aliphatic rings. The molecule has 1 heterocycles. The minimum absolute atomic E-state index is 0.149. The van der Waals surface area contributed by atoms with Gasteiger partial charge in [0, 0.05) is 6.20 Å². The lowest BCUT2D eigenvalue weighted by Crippen LogP contribution is -2.28. The molecule has 0 aliphatic heterocycles. The summed E-state index contributed by atoms with van der Waals surface area (Å²) in [5.41, 5.74) is 0.400. The van der Waals surface area contributed by atoms with Gasteiger partial charge in [-0.05, 0) is 38.8 Å². The van der Waals surface area contributed by atoms with Crippen molar-refractivity contribution in [1.29, 1.82) is 5.26 Å². The zero-order chi connectivity index (χ0) is 15.3. The van der Waals surface area contributed by atoms with Crippen LogP contribution in [-0.2, 0) is 9.53 Å². The Morgan fingerprint density at radius 3 is 2.70 bits per heavy atom. The van der Waals surface area contributed by atoms with E-state index in [1.54, 1.807) is 6.07 Å². The van der Waals surface area contributed by atoms with Gasteiger partial charge in [0.05, 0.1) is 11.5 Å². The molecule has 0 N–H and O–H groups in total. The van der Waals surface area contributed by atoms with Crippen LogP contribution < -0.4 is 0 Å². The van der Waals surface area contributed by atoms with E-state index in [4.69, 9.17) is 21.6 Å². The summed E-state index contributed by atoms with van der Waals surface area (Å²) in [5, 5.41) is 9.14. The number of carbonyl (C=O) groups excluding carboxylic acids is 1. The Kier molecular flexibility index (Phi) is 5.52. The Labute approximate surface area is 124 Å². The van der Waals surface area contributed by atoms with Crippen molar-refractivity contribution in [3.05, 3.63) is 28.5 Å². The van der Waals surface area contributed by atoms with Gasteiger partial charge in [-0.1, -0.05) is 24.9 Å². The molecule has 0 aliphatic carbocycles. The van der Waals surface area contributed by atoms with Crippen molar-refractivity contribution in [1.82, 2.24) is 4.98 Å². The molecule has 0 bridgehead atoms. The van der Waals surface area contributed by atoms with Crippen LogP contribution in [0.1, 0.15) is 57.6 Å². The molecular formula is C15H19ClN2O2. The molecule has 0 fully saturated rings. The van der Waals surface area contributed by atoms with Crippen molar-refractivity contribution in [2.45, 2.75) is 52.1 Å². The molecule has 0 saturated heterocycles. The summed E-state index contributed by atoms with van der Waals surface area (Å²) in [6, 6.07) is 3.58. The Bertz CT molecular complexity index is 530. The number of nitriles is 1. The summed E-state index contributed by atoms with van der Waals surface area (Å²) in [6.45, 7) is 7.48. The zero-order valence-electron chi connectivity index (χ0n) is 12.2. The average Bonchev–Trinajstić information content (AvgIpc) is 2.34. The fourth-order valence-corrected chi connectivity index (χ4v) is 1.96. The molecule has 1 aromatic rings. The van der Waals surface area contributed by atoms with Gasteiger partial charge in [-0.2, -0.15) is 5.26 Å². The highest BCUT2D eigenvalue weighted by atomic mass is 35.5. The molecule has 1 aromatic heterocycles. The highest BCUT2D eigenvalue weighted by Gasteiger charge is 2.26. The summed E-state index contributed by atoms with van der Waals surface area (Å²) in [6.07, 6.45) is 3.00. The molecule has 20 heavy (non-hydrogen) atoms. The van der Waals surface area contributed by atoms with Crippen LogP contribution in [-0.4, -0.2) is 16.6 Å². The molecule has 0 radical (unpaired) electrons. The summed E-state index contributed by atoms with van der Waals surface area (Å²) in [5.74, 6) is -0.719. The Morgan fingerprint density at radius 1 is 1.55 bits per heavy atom. The topological polar surface area (TPSA) is 63.0 Å². The van der Waals surface area contributed by atoms with Gasteiger partial charge in [-0.15, -0.1) is 0 Å². The molecule has 0 amide bonds. The van der Waals surface area contributed by atoms with Crippen LogP contribution in [0.3, 0.4) is 0 Å². The molecule has 1 rings (SSSR count). The van der Waals surface area contributed by atoms with E-state index < -0.39 is 11.5 Å². The first kappa shape index (κ1) is 16.5. The lowest BCUT2D eigenvalue weighted by atomic mass is 9.95. The fraction of sp³-hybridized carbons (Fsp3) is 0.533. The van der Waals surface area contributed by atoms with Gasteiger partial charge in [0.2, 0.25) is 0 Å². The third kappa shape index (κ3) is 4.50. The van der Waals surface area contributed by atoms with Crippen LogP contribution >= 0.6 is 11.6 Å². The lowest BCUT2D eigenvalue weighted by Gasteiger charge is -2.24. The number of nitrogens with zero attached hydrogens (tertiary/aromatic N) is 2. The van der Waals surface area contributed by atoms with Crippen LogP contribution in [0.25, 0.3) is 0 Å². The molecule has 1 unspecified atom stereocenters. The Hall–Kier alpha value is -1.60. The zero-order valence-corrected chi connectivity index (χ0v) is 13.0. The van der Waals surface area contributed by atoms with Gasteiger partial charge in [0.1, 0.15) is 16.8 Å². The van der Waals surface area contributed by atoms with E-state index >= 15 is 0 Å². The first-order chi connectivity index (χ1) is 9.28. The SMILES string of the molecule is CCCC(C(=O)OC(C)(C)C)c1cnc(Cl)c(C#N)c1. The Balaban J connectivity index is 3.08. The standard InChI is InChI=1S/C15H19ClN2O2/c1-5-6-12(14(19)20-15(2,3)4)11-7-10(8-17)13(16)18-9-11/h7,9,12H,5-6H2,1-4H3. The minimum Gasteiger partial charge on any atom is -0.459 e. The normalized spacial score (nSPS) is 12.6. The average molecular weight is 295 g/mol. The Morgan fingerprint density at radius 2 is 2.20 bits per heavy atom. The summed E-state index contributed by atoms with van der Waals surface area (Å²) in [7, 11) is 0. The van der Waals surface area contributed by atoms with Gasteiger partial charge in [-0.25, -0.2) is 4.98 Å². The minimum atomic E-state index is -0.541. The highest BCUT2D eigenvalue weighted by Crippen LogP contribution is 2.27. The van der Waals surface area contributed by atoms with Gasteiger partial charge in [0.15, 0.2) is 0 Å². The van der Waals surface area contributed by atoms with Gasteiger partial charge in [0.25, 0.3) is 0 Å². The van der Waals surface area contributed by atoms with E-state index in [-0.39, 0.29) is 16.7 Å². The molecular weight excluding hydrogens is 276 g/mol. The first-order valence-corrected chi connectivity index (χ1v) is 6.94. The molecule has 0 spiro atoms. The smallest absolute Gasteiger partial charge is 0.313 e. The van der Waals surface area contributed by atoms with Crippen molar-refractivity contribution in [2.75, 3.05) is 0 Å². The molecule has 4 nitrogen and oxygen atoms in total. The second-order valence-electron chi connectivity index (χ2n) is 5.59. The number of hydrogen-bond donors (Lipinski definition) is 0. The lowest BCUT2D eigenvalue weighted by molar-refractivity contribution is -0.157. The quantitative estimate of drug-likeness (QED) is 0.625. The van der Waals surface area contributed by atoms with Crippen LogP contribution in [0.15, 0.2) is 12.3 Å². The van der Waals surface area contributed by atoms with E-state index in [9.17, 15) is 4.79 Å². The largest absolute Gasteiger partial charge is 0.459 e. The molecule has 0 aromatic carbocycles. The second-order valence-corrected chi connectivity index (χ2v) is 5.95. The van der Waals surface area contributed by atoms with Crippen LogP contribution in [0.4, 0.5) is 0 Å². The van der Waals surface area contributed by atoms with E-state index in [0.717, 1.165) is 6.42 Å². The van der Waals surface area contributed by atoms with Gasteiger partial charge < -0.3 is 4.74 Å². The van der Waals surface area contributed by atoms with E-state index in [1.807, 2.05) is 33.8 Å². The van der Waals surface area contributed by atoms with E-state index in [0.29, 0.717) is 12.0 Å². The second kappa shape index (κ2) is 6.71. The summed E-state index contributed by atoms with van der Waals surface area (Å²) in [4.78, 5) is 16.2. The number of halogens is 1. The number of hydrogen-bond acceptors (Lipinski definition) is 4. The van der Waals surface area contributed by atoms with E-state index in [2.05, 4.69) is 4.98 Å². The maximum absolute atomic E-state index is 12.3. The fourth-order valence-electron chi connectivity index (χ4n) is 1.82. The van der Waals surface area contributed by atoms with Crippen molar-refractivity contribution < 1.29 is 9.53 Å². The molecule has 5 heteroatoms. The molecule has 1 atom stereocenters.